The van der Waals surface area contributed by atoms with Gasteiger partial charge in [-0.3, -0.25) is 14.6 Å². The number of likely N-dealkylation sites (tertiary alicyclic amines) is 1. The van der Waals surface area contributed by atoms with E-state index in [-0.39, 0.29) is 24.2 Å². The quantitative estimate of drug-likeness (QED) is 0.717. The molecular formula is C21H21N5O2. The van der Waals surface area contributed by atoms with Gasteiger partial charge < -0.3 is 10.2 Å². The fourth-order valence-corrected chi connectivity index (χ4v) is 3.34. The summed E-state index contributed by atoms with van der Waals surface area (Å²) in [6.07, 6.45) is 3.57. The molecule has 1 unspecified atom stereocenters. The number of rotatable bonds is 6. The van der Waals surface area contributed by atoms with E-state index in [1.807, 2.05) is 48.5 Å². The lowest BCUT2D eigenvalue weighted by atomic mass is 10.1. The second-order valence-corrected chi connectivity index (χ2v) is 6.85. The highest BCUT2D eigenvalue weighted by atomic mass is 16.2. The molecule has 0 bridgehead atoms. The van der Waals surface area contributed by atoms with Gasteiger partial charge in [0.2, 0.25) is 11.8 Å². The zero-order valence-electron chi connectivity index (χ0n) is 15.4. The summed E-state index contributed by atoms with van der Waals surface area (Å²) in [6.45, 7) is 1.39. The molecule has 1 atom stereocenters. The van der Waals surface area contributed by atoms with Crippen molar-refractivity contribution < 1.29 is 9.59 Å². The Morgan fingerprint density at radius 3 is 2.64 bits per heavy atom. The largest absolute Gasteiger partial charge is 0.336 e. The number of nitrogens with zero attached hydrogens (tertiary/aromatic N) is 4. The molecule has 0 spiro atoms. The molecule has 7 nitrogen and oxygen atoms in total. The van der Waals surface area contributed by atoms with Gasteiger partial charge in [-0.25, -0.2) is 4.68 Å². The summed E-state index contributed by atoms with van der Waals surface area (Å²) in [7, 11) is 0. The van der Waals surface area contributed by atoms with Crippen LogP contribution in [0.15, 0.2) is 67.0 Å². The third kappa shape index (κ3) is 4.09. The number of anilines is 1. The molecule has 28 heavy (non-hydrogen) atoms. The maximum Gasteiger partial charge on any atom is 0.230 e. The lowest BCUT2D eigenvalue weighted by Crippen LogP contribution is -2.28. The van der Waals surface area contributed by atoms with Crippen molar-refractivity contribution in [2.75, 3.05) is 11.9 Å². The third-order valence-electron chi connectivity index (χ3n) is 4.81. The summed E-state index contributed by atoms with van der Waals surface area (Å²) in [6, 6.07) is 17.3. The number of hydrogen-bond donors (Lipinski definition) is 1. The number of hydrogen-bond acceptors (Lipinski definition) is 4. The SMILES string of the molecule is O=C(Nc1ccnn1Cc1ccccc1)C1CC(=O)N(Cc2ccccn2)C1. The molecule has 0 radical (unpaired) electrons. The number of amides is 2. The van der Waals surface area contributed by atoms with Crippen LogP contribution in [-0.2, 0) is 22.7 Å². The Morgan fingerprint density at radius 1 is 1.04 bits per heavy atom. The average molecular weight is 375 g/mol. The molecule has 2 amide bonds. The first-order valence-corrected chi connectivity index (χ1v) is 9.23. The molecule has 1 N–H and O–H groups in total. The minimum atomic E-state index is -0.378. The zero-order valence-corrected chi connectivity index (χ0v) is 15.4. The number of aromatic nitrogens is 3. The van der Waals surface area contributed by atoms with Gasteiger partial charge in [0.25, 0.3) is 0 Å². The minimum absolute atomic E-state index is 0.0244. The maximum atomic E-state index is 12.7. The van der Waals surface area contributed by atoms with E-state index in [4.69, 9.17) is 0 Å². The Labute approximate surface area is 163 Å². The van der Waals surface area contributed by atoms with Crippen LogP contribution in [0.25, 0.3) is 0 Å². The van der Waals surface area contributed by atoms with Gasteiger partial charge >= 0.3 is 0 Å². The smallest absolute Gasteiger partial charge is 0.230 e. The first-order chi connectivity index (χ1) is 13.7. The summed E-state index contributed by atoms with van der Waals surface area (Å²) in [5.74, 6) is 0.0658. The van der Waals surface area contributed by atoms with Crippen LogP contribution in [0, 0.1) is 5.92 Å². The number of pyridine rings is 1. The van der Waals surface area contributed by atoms with E-state index < -0.39 is 0 Å². The van der Waals surface area contributed by atoms with Crippen molar-refractivity contribution in [3.05, 3.63) is 78.2 Å². The molecule has 2 aromatic heterocycles. The van der Waals surface area contributed by atoms with Gasteiger partial charge in [0.1, 0.15) is 5.82 Å². The van der Waals surface area contributed by atoms with Crippen molar-refractivity contribution in [3.63, 3.8) is 0 Å². The van der Waals surface area contributed by atoms with Gasteiger partial charge in [0.05, 0.1) is 30.9 Å². The number of nitrogens with one attached hydrogen (secondary N) is 1. The van der Waals surface area contributed by atoms with Crippen LogP contribution in [0.1, 0.15) is 17.7 Å². The molecular weight excluding hydrogens is 354 g/mol. The summed E-state index contributed by atoms with van der Waals surface area (Å²) in [5.41, 5.74) is 1.91. The summed E-state index contributed by atoms with van der Waals surface area (Å²) in [5, 5.41) is 7.22. The highest BCUT2D eigenvalue weighted by molar-refractivity contribution is 5.96. The Morgan fingerprint density at radius 2 is 1.86 bits per heavy atom. The fourth-order valence-electron chi connectivity index (χ4n) is 3.34. The molecule has 3 aromatic rings. The van der Waals surface area contributed by atoms with Crippen LogP contribution in [0.2, 0.25) is 0 Å². The Kier molecular flexibility index (Phi) is 5.14. The van der Waals surface area contributed by atoms with Crippen LogP contribution in [0.5, 0.6) is 0 Å². The molecule has 142 valence electrons. The topological polar surface area (TPSA) is 80.1 Å². The predicted molar refractivity (Wildman–Crippen MR) is 104 cm³/mol. The van der Waals surface area contributed by atoms with E-state index in [1.54, 1.807) is 28.0 Å². The average Bonchev–Trinajstić information content (AvgIpc) is 3.30. The van der Waals surface area contributed by atoms with Gasteiger partial charge in [-0.15, -0.1) is 0 Å². The molecule has 3 heterocycles. The van der Waals surface area contributed by atoms with Crippen LogP contribution in [0.4, 0.5) is 5.82 Å². The Bertz CT molecular complexity index is 955. The van der Waals surface area contributed by atoms with Crippen molar-refractivity contribution in [2.24, 2.45) is 5.92 Å². The summed E-state index contributed by atoms with van der Waals surface area (Å²) < 4.78 is 1.75. The van der Waals surface area contributed by atoms with Gasteiger partial charge in [-0.05, 0) is 17.7 Å². The first kappa shape index (κ1) is 17.9. The Hall–Kier alpha value is -3.48. The molecule has 7 heteroatoms. The molecule has 4 rings (SSSR count). The van der Waals surface area contributed by atoms with E-state index in [0.29, 0.717) is 25.5 Å². The van der Waals surface area contributed by atoms with Crippen LogP contribution >= 0.6 is 0 Å². The van der Waals surface area contributed by atoms with Gasteiger partial charge in [-0.1, -0.05) is 36.4 Å². The second kappa shape index (κ2) is 8.04. The molecule has 1 aliphatic rings. The summed E-state index contributed by atoms with van der Waals surface area (Å²) >= 11 is 0. The van der Waals surface area contributed by atoms with Crippen molar-refractivity contribution in [1.29, 1.82) is 0 Å². The van der Waals surface area contributed by atoms with Crippen LogP contribution in [0.3, 0.4) is 0 Å². The molecule has 1 aromatic carbocycles. The van der Waals surface area contributed by atoms with Crippen molar-refractivity contribution in [3.8, 4) is 0 Å². The van der Waals surface area contributed by atoms with E-state index >= 15 is 0 Å². The van der Waals surface area contributed by atoms with Gasteiger partial charge in [0.15, 0.2) is 0 Å². The lowest BCUT2D eigenvalue weighted by Gasteiger charge is -2.16. The van der Waals surface area contributed by atoms with E-state index in [1.165, 1.54) is 0 Å². The monoisotopic (exact) mass is 375 g/mol. The van der Waals surface area contributed by atoms with E-state index in [2.05, 4.69) is 15.4 Å². The maximum absolute atomic E-state index is 12.7. The number of carbonyl (C=O) groups excluding carboxylic acids is 2. The van der Waals surface area contributed by atoms with E-state index in [0.717, 1.165) is 11.3 Å². The second-order valence-electron chi connectivity index (χ2n) is 6.85. The minimum Gasteiger partial charge on any atom is -0.336 e. The summed E-state index contributed by atoms with van der Waals surface area (Å²) in [4.78, 5) is 31.0. The third-order valence-corrected chi connectivity index (χ3v) is 4.81. The normalized spacial score (nSPS) is 16.4. The highest BCUT2D eigenvalue weighted by Crippen LogP contribution is 2.21. The molecule has 1 fully saturated rings. The molecule has 1 aliphatic heterocycles. The van der Waals surface area contributed by atoms with Gasteiger partial charge in [0, 0.05) is 25.2 Å². The van der Waals surface area contributed by atoms with Crippen LogP contribution in [-0.4, -0.2) is 38.0 Å². The molecule has 1 saturated heterocycles. The van der Waals surface area contributed by atoms with Crippen molar-refractivity contribution in [1.82, 2.24) is 19.7 Å². The van der Waals surface area contributed by atoms with Gasteiger partial charge in [-0.2, -0.15) is 5.10 Å². The first-order valence-electron chi connectivity index (χ1n) is 9.23. The zero-order chi connectivity index (χ0) is 19.3. The highest BCUT2D eigenvalue weighted by Gasteiger charge is 2.34. The molecule has 0 aliphatic carbocycles. The Balaban J connectivity index is 1.38. The number of carbonyl (C=O) groups is 2. The standard InChI is InChI=1S/C21H21N5O2/c27-20-12-17(14-25(20)15-18-8-4-5-10-22-18)21(28)24-19-9-11-23-26(19)13-16-6-2-1-3-7-16/h1-11,17H,12-15H2,(H,24,28). The van der Waals surface area contributed by atoms with E-state index in [9.17, 15) is 9.59 Å². The lowest BCUT2D eigenvalue weighted by molar-refractivity contribution is -0.128. The molecule has 0 saturated carbocycles. The fraction of sp³-hybridized carbons (Fsp3) is 0.238. The van der Waals surface area contributed by atoms with Crippen molar-refractivity contribution >= 4 is 17.6 Å². The van der Waals surface area contributed by atoms with Crippen molar-refractivity contribution in [2.45, 2.75) is 19.5 Å². The van der Waals surface area contributed by atoms with Crippen LogP contribution < -0.4 is 5.32 Å². The predicted octanol–water partition coefficient (Wildman–Crippen LogP) is 2.31. The number of benzene rings is 1.